The fourth-order valence-electron chi connectivity index (χ4n) is 6.16. The van der Waals surface area contributed by atoms with Gasteiger partial charge in [0.1, 0.15) is 11.6 Å². The minimum absolute atomic E-state index is 0.150. The van der Waals surface area contributed by atoms with Crippen LogP contribution in [0.2, 0.25) is 0 Å². The fraction of sp³-hybridized carbons (Fsp3) is 0. The van der Waals surface area contributed by atoms with Gasteiger partial charge in [-0.2, -0.15) is 10.5 Å². The summed E-state index contributed by atoms with van der Waals surface area (Å²) in [5, 5.41) is 21.2. The van der Waals surface area contributed by atoms with Crippen molar-refractivity contribution in [1.82, 2.24) is 19.5 Å². The Morgan fingerprint density at radius 2 is 1.02 bits per heavy atom. The summed E-state index contributed by atoms with van der Waals surface area (Å²) >= 11 is 0. The molecule has 0 bridgehead atoms. The summed E-state index contributed by atoms with van der Waals surface area (Å²) < 4.78 is 31.9. The molecule has 0 aliphatic carbocycles. The Kier molecular flexibility index (Phi) is 7.17. The van der Waals surface area contributed by atoms with Crippen LogP contribution in [0.5, 0.6) is 0 Å². The minimum atomic E-state index is -0.750. The van der Waals surface area contributed by atoms with E-state index in [1.807, 2.05) is 89.5 Å². The highest BCUT2D eigenvalue weighted by Gasteiger charge is 2.21. The number of benzene rings is 6. The second-order valence-corrected chi connectivity index (χ2v) is 11.4. The molecule has 0 atom stereocenters. The quantitative estimate of drug-likeness (QED) is 0.188. The zero-order valence-corrected chi connectivity index (χ0v) is 25.6. The lowest BCUT2D eigenvalue weighted by molar-refractivity contribution is 0.585. The van der Waals surface area contributed by atoms with Gasteiger partial charge in [-0.25, -0.2) is 23.7 Å². The maximum absolute atomic E-state index is 15.7. The standard InChI is InChI=1S/C41H22F2N6/c42-29-13-17-31(36(43)21-29)35-22-30(49-37-19-25(23-44)11-15-32(37)33-16-12-26(24-45)20-38(33)49)14-18-34(35)41-47-39(27-7-3-1-4-8-27)46-40(48-41)28-9-5-2-6-10-28/h1-22H. The van der Waals surface area contributed by atoms with E-state index >= 15 is 4.39 Å². The van der Waals surface area contributed by atoms with Crippen LogP contribution in [0.4, 0.5) is 8.78 Å². The van der Waals surface area contributed by atoms with Gasteiger partial charge in [-0.15, -0.1) is 0 Å². The first kappa shape index (κ1) is 29.4. The van der Waals surface area contributed by atoms with E-state index in [0.717, 1.165) is 39.0 Å². The molecule has 2 aromatic heterocycles. The molecule has 6 aromatic carbocycles. The average molecular weight is 637 g/mol. The number of fused-ring (bicyclic) bond motifs is 3. The van der Waals surface area contributed by atoms with Crippen molar-refractivity contribution in [2.45, 2.75) is 0 Å². The largest absolute Gasteiger partial charge is 0.309 e. The van der Waals surface area contributed by atoms with E-state index < -0.39 is 11.6 Å². The van der Waals surface area contributed by atoms with Crippen LogP contribution in [-0.2, 0) is 0 Å². The zero-order chi connectivity index (χ0) is 33.5. The first-order valence-electron chi connectivity index (χ1n) is 15.4. The lowest BCUT2D eigenvalue weighted by atomic mass is 9.97. The van der Waals surface area contributed by atoms with Gasteiger partial charge in [-0.3, -0.25) is 0 Å². The molecule has 0 amide bonds. The fourth-order valence-corrected chi connectivity index (χ4v) is 6.16. The predicted molar refractivity (Wildman–Crippen MR) is 185 cm³/mol. The zero-order valence-electron chi connectivity index (χ0n) is 25.6. The van der Waals surface area contributed by atoms with Crippen molar-refractivity contribution in [2.24, 2.45) is 0 Å². The van der Waals surface area contributed by atoms with E-state index in [-0.39, 0.29) is 5.56 Å². The summed E-state index contributed by atoms with van der Waals surface area (Å²) in [7, 11) is 0. The van der Waals surface area contributed by atoms with Gasteiger partial charge in [0.15, 0.2) is 17.5 Å². The Morgan fingerprint density at radius 3 is 1.55 bits per heavy atom. The molecule has 6 nitrogen and oxygen atoms in total. The molecule has 0 saturated heterocycles. The first-order valence-corrected chi connectivity index (χ1v) is 15.4. The molecule has 49 heavy (non-hydrogen) atoms. The summed E-state index contributed by atoms with van der Waals surface area (Å²) in [4.78, 5) is 14.5. The lowest BCUT2D eigenvalue weighted by Crippen LogP contribution is -2.02. The lowest BCUT2D eigenvalue weighted by Gasteiger charge is -2.16. The van der Waals surface area contributed by atoms with Crippen molar-refractivity contribution in [3.05, 3.63) is 156 Å². The molecule has 0 aliphatic heterocycles. The molecule has 0 aliphatic rings. The van der Waals surface area contributed by atoms with Crippen LogP contribution < -0.4 is 0 Å². The molecule has 0 N–H and O–H groups in total. The van der Waals surface area contributed by atoms with Gasteiger partial charge < -0.3 is 4.57 Å². The van der Waals surface area contributed by atoms with E-state index in [1.54, 1.807) is 30.3 Å². The van der Waals surface area contributed by atoms with Gasteiger partial charge in [0.05, 0.1) is 34.3 Å². The maximum atomic E-state index is 15.7. The number of halogens is 2. The molecular weight excluding hydrogens is 614 g/mol. The number of rotatable bonds is 5. The minimum Gasteiger partial charge on any atom is -0.309 e. The molecule has 8 rings (SSSR count). The van der Waals surface area contributed by atoms with Crippen LogP contribution in [-0.4, -0.2) is 19.5 Å². The maximum Gasteiger partial charge on any atom is 0.164 e. The van der Waals surface area contributed by atoms with Gasteiger partial charge >= 0.3 is 0 Å². The molecule has 0 fully saturated rings. The van der Waals surface area contributed by atoms with E-state index in [4.69, 9.17) is 15.0 Å². The van der Waals surface area contributed by atoms with Gasteiger partial charge in [-0.1, -0.05) is 72.8 Å². The summed E-state index contributed by atoms with van der Waals surface area (Å²) in [5.41, 5.74) is 5.66. The SMILES string of the molecule is N#Cc1ccc2c3ccc(C#N)cc3n(-c3ccc(-c4nc(-c5ccccc5)nc(-c5ccccc5)n4)c(-c4ccc(F)cc4F)c3)c2c1. The Bertz CT molecular complexity index is 2520. The van der Waals surface area contributed by atoms with Crippen molar-refractivity contribution < 1.29 is 8.78 Å². The second kappa shape index (κ2) is 12.0. The van der Waals surface area contributed by atoms with Crippen molar-refractivity contribution in [2.75, 3.05) is 0 Å². The normalized spacial score (nSPS) is 11.0. The number of nitrogens with zero attached hydrogens (tertiary/aromatic N) is 6. The van der Waals surface area contributed by atoms with Crippen molar-refractivity contribution in [3.63, 3.8) is 0 Å². The van der Waals surface area contributed by atoms with E-state index in [1.165, 1.54) is 12.1 Å². The van der Waals surface area contributed by atoms with Crippen molar-refractivity contribution in [1.29, 1.82) is 10.5 Å². The number of aromatic nitrogens is 4. The number of hydrogen-bond acceptors (Lipinski definition) is 5. The smallest absolute Gasteiger partial charge is 0.164 e. The van der Waals surface area contributed by atoms with Crippen LogP contribution in [0.15, 0.2) is 133 Å². The molecular formula is C41H22F2N6. The number of nitriles is 2. The molecule has 0 unspecified atom stereocenters. The van der Waals surface area contributed by atoms with Gasteiger partial charge in [0, 0.05) is 44.8 Å². The molecule has 0 radical (unpaired) electrons. The van der Waals surface area contributed by atoms with E-state index in [2.05, 4.69) is 12.1 Å². The molecule has 0 spiro atoms. The highest BCUT2D eigenvalue weighted by atomic mass is 19.1. The third kappa shape index (κ3) is 5.24. The summed E-state index contributed by atoms with van der Waals surface area (Å²) in [6.07, 6.45) is 0. The molecule has 230 valence electrons. The Labute approximate surface area is 279 Å². The Balaban J connectivity index is 1.43. The van der Waals surface area contributed by atoms with Gasteiger partial charge in [0.2, 0.25) is 0 Å². The third-order valence-electron chi connectivity index (χ3n) is 8.45. The first-order chi connectivity index (χ1) is 24.0. The molecule has 8 aromatic rings. The van der Waals surface area contributed by atoms with Crippen LogP contribution in [0.25, 0.3) is 72.8 Å². The monoisotopic (exact) mass is 636 g/mol. The Hall–Kier alpha value is -7.03. The van der Waals surface area contributed by atoms with Crippen LogP contribution >= 0.6 is 0 Å². The van der Waals surface area contributed by atoms with Crippen LogP contribution in [0, 0.1) is 34.3 Å². The van der Waals surface area contributed by atoms with Crippen molar-refractivity contribution >= 4 is 21.8 Å². The molecule has 8 heteroatoms. The van der Waals surface area contributed by atoms with E-state index in [9.17, 15) is 14.9 Å². The summed E-state index contributed by atoms with van der Waals surface area (Å²) in [6.45, 7) is 0. The highest BCUT2D eigenvalue weighted by Crippen LogP contribution is 2.39. The third-order valence-corrected chi connectivity index (χ3v) is 8.45. The van der Waals surface area contributed by atoms with E-state index in [0.29, 0.717) is 45.4 Å². The topological polar surface area (TPSA) is 91.2 Å². The summed E-state index contributed by atoms with van der Waals surface area (Å²) in [5.74, 6) is -0.269. The van der Waals surface area contributed by atoms with Crippen molar-refractivity contribution in [3.8, 4) is 63.1 Å². The van der Waals surface area contributed by atoms with Crippen LogP contribution in [0.1, 0.15) is 11.1 Å². The average Bonchev–Trinajstić information content (AvgIpc) is 3.47. The van der Waals surface area contributed by atoms with Gasteiger partial charge in [-0.05, 0) is 60.2 Å². The number of hydrogen-bond donors (Lipinski definition) is 0. The van der Waals surface area contributed by atoms with Gasteiger partial charge in [0.25, 0.3) is 0 Å². The molecule has 2 heterocycles. The predicted octanol–water partition coefficient (Wildman–Crippen LogP) is 9.66. The Morgan fingerprint density at radius 1 is 0.490 bits per heavy atom. The second-order valence-electron chi connectivity index (χ2n) is 11.4. The van der Waals surface area contributed by atoms with Crippen LogP contribution in [0.3, 0.4) is 0 Å². The summed E-state index contributed by atoms with van der Waals surface area (Å²) in [6, 6.07) is 43.3. The molecule has 0 saturated carbocycles. The highest BCUT2D eigenvalue weighted by molar-refractivity contribution is 6.10.